The van der Waals surface area contributed by atoms with Crippen molar-refractivity contribution in [1.29, 1.82) is 0 Å². The minimum absolute atomic E-state index is 0.317. The molecule has 1 saturated carbocycles. The monoisotopic (exact) mass is 598 g/mol. The molecule has 0 aliphatic heterocycles. The first-order valence-electron chi connectivity index (χ1n) is 11.3. The highest BCUT2D eigenvalue weighted by atomic mass is 19.4. The van der Waals surface area contributed by atoms with Gasteiger partial charge >= 0.3 is 41.7 Å². The average Bonchev–Trinajstić information content (AvgIpc) is 2.82. The van der Waals surface area contributed by atoms with E-state index in [9.17, 15) is 70.7 Å². The number of carbonyl (C=O) groups is 1. The van der Waals surface area contributed by atoms with E-state index in [1.807, 2.05) is 0 Å². The molecular weight excluding hydrogens is 577 g/mol. The number of rotatable bonds is 10. The van der Waals surface area contributed by atoms with E-state index >= 15 is 0 Å². The average molecular weight is 598 g/mol. The molecule has 0 heterocycles. The lowest BCUT2D eigenvalue weighted by Crippen LogP contribution is -2.73. The molecule has 1 aliphatic rings. The molecule has 0 amide bonds. The van der Waals surface area contributed by atoms with Gasteiger partial charge in [-0.15, -0.1) is 0 Å². The third-order valence-electron chi connectivity index (χ3n) is 6.81. The molecule has 1 fully saturated rings. The topological polar surface area (TPSA) is 17.1 Å². The van der Waals surface area contributed by atoms with Gasteiger partial charge in [0.2, 0.25) is 5.78 Å². The number of hydrogen-bond acceptors (Lipinski definition) is 1. The second-order valence-electron chi connectivity index (χ2n) is 9.63. The summed E-state index contributed by atoms with van der Waals surface area (Å²) in [6.45, 7) is 2.08. The third kappa shape index (κ3) is 5.44. The van der Waals surface area contributed by atoms with Crippen molar-refractivity contribution in [3.05, 3.63) is 35.4 Å². The number of halogens is 15. The quantitative estimate of drug-likeness (QED) is 0.194. The molecule has 1 aromatic rings. The Balaban J connectivity index is 2.31. The van der Waals surface area contributed by atoms with Crippen LogP contribution in [0.3, 0.4) is 0 Å². The van der Waals surface area contributed by atoms with Crippen molar-refractivity contribution in [2.45, 2.75) is 87.2 Å². The molecule has 1 aliphatic carbocycles. The van der Waals surface area contributed by atoms with Crippen LogP contribution in [-0.4, -0.2) is 47.5 Å². The Morgan fingerprint density at radius 1 is 0.641 bits per heavy atom. The lowest BCUT2D eigenvalue weighted by molar-refractivity contribution is -0.449. The molecule has 39 heavy (non-hydrogen) atoms. The van der Waals surface area contributed by atoms with Gasteiger partial charge in [-0.2, -0.15) is 65.9 Å². The van der Waals surface area contributed by atoms with Gasteiger partial charge in [-0.25, -0.2) is 0 Å². The van der Waals surface area contributed by atoms with E-state index in [0.29, 0.717) is 42.4 Å². The molecule has 0 atom stereocenters. The molecule has 224 valence electrons. The standard InChI is InChI=1S/C23H21F15O/c1-12-2-4-13(5-3-12)6-7-14-8-10-15(11-9-14)16(39)17(24,25)18(26,27)19(28,29)20(30,31)21(32,33)22(34,35)23(36,37)38/h8-13H,2-7H2,1H3/t12-,13-. The lowest BCUT2D eigenvalue weighted by Gasteiger charge is -2.41. The molecule has 0 saturated heterocycles. The number of ketones is 1. The minimum Gasteiger partial charge on any atom is -0.287 e. The molecule has 0 bridgehead atoms. The van der Waals surface area contributed by atoms with Crippen molar-refractivity contribution in [1.82, 2.24) is 0 Å². The minimum atomic E-state index is -8.42. The molecule has 0 radical (unpaired) electrons. The van der Waals surface area contributed by atoms with Crippen molar-refractivity contribution in [3.8, 4) is 0 Å². The van der Waals surface area contributed by atoms with E-state index < -0.39 is 53.1 Å². The molecular formula is C23H21F15O. The number of Topliss-reactive ketones (excluding diaryl/α,β-unsaturated/α-hetero) is 1. The Kier molecular flexibility index (Phi) is 8.77. The maximum absolute atomic E-state index is 14.2. The van der Waals surface area contributed by atoms with E-state index in [1.165, 1.54) is 0 Å². The first-order chi connectivity index (χ1) is 17.4. The van der Waals surface area contributed by atoms with E-state index in [2.05, 4.69) is 6.92 Å². The highest BCUT2D eigenvalue weighted by molar-refractivity contribution is 6.02. The van der Waals surface area contributed by atoms with Crippen LogP contribution >= 0.6 is 0 Å². The SMILES string of the molecule is C[C@H]1CC[C@H](CCc2ccc(C(=O)C(F)(F)C(F)(F)C(F)(F)C(F)(F)C(F)(F)C(F)(F)C(F)(F)F)cc2)CC1. The van der Waals surface area contributed by atoms with Crippen LogP contribution in [0.1, 0.15) is 54.9 Å². The van der Waals surface area contributed by atoms with Gasteiger partial charge in [0.15, 0.2) is 0 Å². The van der Waals surface area contributed by atoms with E-state index in [0.717, 1.165) is 37.8 Å². The number of alkyl halides is 15. The van der Waals surface area contributed by atoms with Gasteiger partial charge in [0, 0.05) is 5.56 Å². The van der Waals surface area contributed by atoms with Crippen molar-refractivity contribution in [3.63, 3.8) is 0 Å². The van der Waals surface area contributed by atoms with Crippen LogP contribution in [0.5, 0.6) is 0 Å². The summed E-state index contributed by atoms with van der Waals surface area (Å²) in [6, 6.07) is 2.79. The number of aryl methyl sites for hydroxylation is 1. The zero-order chi connectivity index (χ0) is 30.5. The van der Waals surface area contributed by atoms with Gasteiger partial charge in [-0.1, -0.05) is 56.9 Å². The molecule has 0 unspecified atom stereocenters. The van der Waals surface area contributed by atoms with Gasteiger partial charge in [0.1, 0.15) is 0 Å². The molecule has 0 spiro atoms. The molecule has 0 aromatic heterocycles. The smallest absolute Gasteiger partial charge is 0.287 e. The third-order valence-corrected chi connectivity index (χ3v) is 6.81. The summed E-state index contributed by atoms with van der Waals surface area (Å²) in [5, 5.41) is 0. The normalized spacial score (nSPS) is 20.7. The summed E-state index contributed by atoms with van der Waals surface area (Å²) >= 11 is 0. The van der Waals surface area contributed by atoms with Gasteiger partial charge in [-0.05, 0) is 30.2 Å². The van der Waals surface area contributed by atoms with Crippen LogP contribution in [-0.2, 0) is 6.42 Å². The maximum Gasteiger partial charge on any atom is 0.460 e. The Bertz CT molecular complexity index is 1000. The summed E-state index contributed by atoms with van der Waals surface area (Å²) in [5.74, 6) is -50.4. The molecule has 1 aromatic carbocycles. The summed E-state index contributed by atoms with van der Waals surface area (Å²) in [6.07, 6.45) is -2.96. The Morgan fingerprint density at radius 2 is 1.05 bits per heavy atom. The fourth-order valence-corrected chi connectivity index (χ4v) is 4.10. The number of hydrogen-bond donors (Lipinski definition) is 0. The predicted octanol–water partition coefficient (Wildman–Crippen LogP) is 9.00. The second kappa shape index (κ2) is 10.3. The molecule has 16 heteroatoms. The maximum atomic E-state index is 14.2. The zero-order valence-corrected chi connectivity index (χ0v) is 19.8. The van der Waals surface area contributed by atoms with Crippen molar-refractivity contribution >= 4 is 5.78 Å². The van der Waals surface area contributed by atoms with Crippen LogP contribution in [0.25, 0.3) is 0 Å². The van der Waals surface area contributed by atoms with E-state index in [4.69, 9.17) is 0 Å². The summed E-state index contributed by atoms with van der Waals surface area (Å²) in [7, 11) is 0. The Labute approximate surface area is 211 Å². The largest absolute Gasteiger partial charge is 0.460 e. The van der Waals surface area contributed by atoms with Gasteiger partial charge in [-0.3, -0.25) is 4.79 Å². The molecule has 0 N–H and O–H groups in total. The van der Waals surface area contributed by atoms with Gasteiger partial charge < -0.3 is 0 Å². The van der Waals surface area contributed by atoms with Crippen molar-refractivity contribution in [2.24, 2.45) is 11.8 Å². The fraction of sp³-hybridized carbons (Fsp3) is 0.696. The summed E-state index contributed by atoms with van der Waals surface area (Å²) in [5.41, 5.74) is -1.09. The van der Waals surface area contributed by atoms with Gasteiger partial charge in [0.05, 0.1) is 0 Å². The first-order valence-corrected chi connectivity index (χ1v) is 11.3. The summed E-state index contributed by atoms with van der Waals surface area (Å²) in [4.78, 5) is 11.9. The predicted molar refractivity (Wildman–Crippen MR) is 106 cm³/mol. The lowest BCUT2D eigenvalue weighted by atomic mass is 9.80. The van der Waals surface area contributed by atoms with E-state index in [1.54, 1.807) is 0 Å². The molecule has 2 rings (SSSR count). The van der Waals surface area contributed by atoms with Gasteiger partial charge in [0.25, 0.3) is 0 Å². The van der Waals surface area contributed by atoms with Crippen LogP contribution in [0.2, 0.25) is 0 Å². The molecule has 1 nitrogen and oxygen atoms in total. The van der Waals surface area contributed by atoms with E-state index in [-0.39, 0.29) is 0 Å². The fourth-order valence-electron chi connectivity index (χ4n) is 4.10. The van der Waals surface area contributed by atoms with Crippen LogP contribution in [0, 0.1) is 11.8 Å². The van der Waals surface area contributed by atoms with Crippen LogP contribution in [0.4, 0.5) is 65.9 Å². The first kappa shape index (κ1) is 33.0. The Hall–Kier alpha value is -2.16. The highest BCUT2D eigenvalue weighted by Crippen LogP contribution is 2.62. The van der Waals surface area contributed by atoms with Crippen molar-refractivity contribution < 1.29 is 70.7 Å². The summed E-state index contributed by atoms with van der Waals surface area (Å²) < 4.78 is 200. The Morgan fingerprint density at radius 3 is 1.49 bits per heavy atom. The van der Waals surface area contributed by atoms with Crippen LogP contribution < -0.4 is 0 Å². The van der Waals surface area contributed by atoms with Crippen molar-refractivity contribution in [2.75, 3.05) is 0 Å². The highest BCUT2D eigenvalue weighted by Gasteiger charge is 2.93. The number of benzene rings is 1. The van der Waals surface area contributed by atoms with Crippen LogP contribution in [0.15, 0.2) is 24.3 Å². The second-order valence-corrected chi connectivity index (χ2v) is 9.63. The zero-order valence-electron chi connectivity index (χ0n) is 19.8. The number of carbonyl (C=O) groups excluding carboxylic acids is 1.